The second-order valence-corrected chi connectivity index (χ2v) is 9.04. The van der Waals surface area contributed by atoms with Crippen LogP contribution in [0.4, 0.5) is 5.69 Å². The van der Waals surface area contributed by atoms with E-state index in [1.807, 2.05) is 59.0 Å². The molecule has 0 atom stereocenters. The van der Waals surface area contributed by atoms with E-state index in [4.69, 9.17) is 4.74 Å². The number of nitrogens with zero attached hydrogens (tertiary/aromatic N) is 6. The lowest BCUT2D eigenvalue weighted by atomic mass is 10.2. The lowest BCUT2D eigenvalue weighted by Crippen LogP contribution is -2.49. The van der Waals surface area contributed by atoms with E-state index in [1.54, 1.807) is 13.3 Å². The molecular formula is C25H26N6O2S. The van der Waals surface area contributed by atoms with Crippen molar-refractivity contribution in [3.8, 4) is 11.4 Å². The standard InChI is InChI=1S/C25H26N6O2S/c1-18-20-16-26-31(21-10-6-7-11-22(21)33-2)24(20)25(28-27-18)34-17-23(32)30-14-12-29(13-15-30)19-8-4-3-5-9-19/h3-11,16H,12-15,17H2,1-2H3. The van der Waals surface area contributed by atoms with Crippen molar-refractivity contribution in [3.63, 3.8) is 0 Å². The molecule has 34 heavy (non-hydrogen) atoms. The summed E-state index contributed by atoms with van der Waals surface area (Å²) in [5.41, 5.74) is 3.65. The van der Waals surface area contributed by atoms with Gasteiger partial charge in [-0.15, -0.1) is 5.10 Å². The molecule has 4 aromatic rings. The van der Waals surface area contributed by atoms with Gasteiger partial charge in [-0.25, -0.2) is 4.68 Å². The molecule has 3 heterocycles. The Morgan fingerprint density at radius 1 is 1.00 bits per heavy atom. The molecule has 0 bridgehead atoms. The van der Waals surface area contributed by atoms with Crippen LogP contribution >= 0.6 is 11.8 Å². The number of benzene rings is 2. The van der Waals surface area contributed by atoms with E-state index in [1.165, 1.54) is 17.4 Å². The molecule has 1 fully saturated rings. The Labute approximate surface area is 202 Å². The summed E-state index contributed by atoms with van der Waals surface area (Å²) in [6, 6.07) is 18.0. The van der Waals surface area contributed by atoms with E-state index in [2.05, 4.69) is 32.3 Å². The van der Waals surface area contributed by atoms with E-state index in [-0.39, 0.29) is 5.91 Å². The quantitative estimate of drug-likeness (QED) is 0.396. The monoisotopic (exact) mass is 474 g/mol. The summed E-state index contributed by atoms with van der Waals surface area (Å²) >= 11 is 1.40. The van der Waals surface area contributed by atoms with Crippen molar-refractivity contribution in [3.05, 3.63) is 66.5 Å². The Balaban J connectivity index is 1.32. The highest BCUT2D eigenvalue weighted by molar-refractivity contribution is 8.00. The molecule has 174 valence electrons. The summed E-state index contributed by atoms with van der Waals surface area (Å²) in [6.45, 7) is 4.99. The number of rotatable bonds is 6. The van der Waals surface area contributed by atoms with E-state index >= 15 is 0 Å². The molecule has 0 radical (unpaired) electrons. The molecule has 2 aromatic heterocycles. The molecule has 1 saturated heterocycles. The molecule has 1 aliphatic heterocycles. The molecule has 1 amide bonds. The number of methoxy groups -OCH3 is 1. The summed E-state index contributed by atoms with van der Waals surface area (Å²) in [7, 11) is 1.64. The fraction of sp³-hybridized carbons (Fsp3) is 0.280. The van der Waals surface area contributed by atoms with Crippen LogP contribution in [0, 0.1) is 6.92 Å². The summed E-state index contributed by atoms with van der Waals surface area (Å²) in [5, 5.41) is 14.9. The molecule has 0 spiro atoms. The first-order chi connectivity index (χ1) is 16.7. The summed E-state index contributed by atoms with van der Waals surface area (Å²) in [5.74, 6) is 1.12. The molecule has 0 aliphatic carbocycles. The maximum Gasteiger partial charge on any atom is 0.233 e. The van der Waals surface area contributed by atoms with Crippen LogP contribution in [-0.4, -0.2) is 69.8 Å². The van der Waals surface area contributed by atoms with Crippen molar-refractivity contribution in [2.75, 3.05) is 43.9 Å². The minimum atomic E-state index is 0.108. The molecule has 0 saturated carbocycles. The number of aromatic nitrogens is 4. The van der Waals surface area contributed by atoms with Gasteiger partial charge >= 0.3 is 0 Å². The number of hydrogen-bond donors (Lipinski definition) is 0. The minimum Gasteiger partial charge on any atom is -0.494 e. The van der Waals surface area contributed by atoms with Crippen molar-refractivity contribution in [2.24, 2.45) is 0 Å². The topological polar surface area (TPSA) is 76.4 Å². The predicted octanol–water partition coefficient (Wildman–Crippen LogP) is 3.57. The van der Waals surface area contributed by atoms with E-state index in [9.17, 15) is 4.79 Å². The summed E-state index contributed by atoms with van der Waals surface area (Å²) in [4.78, 5) is 17.3. The number of hydrogen-bond acceptors (Lipinski definition) is 7. The van der Waals surface area contributed by atoms with Gasteiger partial charge in [0.1, 0.15) is 22.0 Å². The lowest BCUT2D eigenvalue weighted by molar-refractivity contribution is -0.128. The number of anilines is 1. The van der Waals surface area contributed by atoms with Crippen molar-refractivity contribution in [1.29, 1.82) is 0 Å². The maximum absolute atomic E-state index is 13.0. The molecule has 0 unspecified atom stereocenters. The van der Waals surface area contributed by atoms with Gasteiger partial charge in [0.05, 0.1) is 24.8 Å². The van der Waals surface area contributed by atoms with Crippen LogP contribution in [0.5, 0.6) is 5.75 Å². The smallest absolute Gasteiger partial charge is 0.233 e. The first-order valence-electron chi connectivity index (χ1n) is 11.2. The Morgan fingerprint density at radius 3 is 2.50 bits per heavy atom. The second kappa shape index (κ2) is 9.72. The van der Waals surface area contributed by atoms with Crippen LogP contribution in [0.1, 0.15) is 5.69 Å². The number of para-hydroxylation sites is 3. The highest BCUT2D eigenvalue weighted by Gasteiger charge is 2.23. The zero-order chi connectivity index (χ0) is 23.5. The molecule has 2 aromatic carbocycles. The minimum absolute atomic E-state index is 0.108. The van der Waals surface area contributed by atoms with Gasteiger partial charge in [0.15, 0.2) is 0 Å². The zero-order valence-corrected chi connectivity index (χ0v) is 20.0. The van der Waals surface area contributed by atoms with Crippen LogP contribution in [0.3, 0.4) is 0 Å². The second-order valence-electron chi connectivity index (χ2n) is 8.07. The Bertz CT molecular complexity index is 1300. The average Bonchev–Trinajstić information content (AvgIpc) is 3.35. The Morgan fingerprint density at radius 2 is 1.74 bits per heavy atom. The zero-order valence-electron chi connectivity index (χ0n) is 19.2. The summed E-state index contributed by atoms with van der Waals surface area (Å²) in [6.07, 6.45) is 1.79. The fourth-order valence-corrected chi connectivity index (χ4v) is 5.07. The molecule has 5 rings (SSSR count). The fourth-order valence-electron chi connectivity index (χ4n) is 4.20. The molecule has 9 heteroatoms. The molecule has 8 nitrogen and oxygen atoms in total. The third-order valence-electron chi connectivity index (χ3n) is 6.05. The van der Waals surface area contributed by atoms with Gasteiger partial charge in [-0.2, -0.15) is 10.2 Å². The van der Waals surface area contributed by atoms with Crippen molar-refractivity contribution >= 4 is 34.3 Å². The van der Waals surface area contributed by atoms with E-state index in [0.29, 0.717) is 29.6 Å². The van der Waals surface area contributed by atoms with Crippen LogP contribution < -0.4 is 9.64 Å². The Kier molecular flexibility index (Phi) is 6.35. The maximum atomic E-state index is 13.0. The van der Waals surface area contributed by atoms with E-state index < -0.39 is 0 Å². The first kappa shape index (κ1) is 22.2. The van der Waals surface area contributed by atoms with Crippen molar-refractivity contribution in [2.45, 2.75) is 11.9 Å². The number of amides is 1. The van der Waals surface area contributed by atoms with Crippen molar-refractivity contribution < 1.29 is 9.53 Å². The van der Waals surface area contributed by atoms with Gasteiger partial charge in [0, 0.05) is 37.3 Å². The number of carbonyl (C=O) groups is 1. The largest absolute Gasteiger partial charge is 0.494 e. The SMILES string of the molecule is COc1ccccc1-n1ncc2c(C)nnc(SCC(=O)N3CCN(c4ccccc4)CC3)c21. The number of piperazine rings is 1. The number of ether oxygens (including phenoxy) is 1. The number of thioether (sulfide) groups is 1. The van der Waals surface area contributed by atoms with Gasteiger partial charge in [0.2, 0.25) is 5.91 Å². The van der Waals surface area contributed by atoms with Crippen LogP contribution in [0.25, 0.3) is 16.6 Å². The third-order valence-corrected chi connectivity index (χ3v) is 6.99. The van der Waals surface area contributed by atoms with Gasteiger partial charge in [-0.3, -0.25) is 4.79 Å². The van der Waals surface area contributed by atoms with Crippen LogP contribution in [0.2, 0.25) is 0 Å². The van der Waals surface area contributed by atoms with E-state index in [0.717, 1.165) is 35.4 Å². The average molecular weight is 475 g/mol. The van der Waals surface area contributed by atoms with Crippen LogP contribution in [0.15, 0.2) is 65.8 Å². The lowest BCUT2D eigenvalue weighted by Gasteiger charge is -2.36. The number of fused-ring (bicyclic) bond motifs is 1. The highest BCUT2D eigenvalue weighted by Crippen LogP contribution is 2.32. The van der Waals surface area contributed by atoms with Crippen molar-refractivity contribution in [1.82, 2.24) is 24.9 Å². The first-order valence-corrected chi connectivity index (χ1v) is 12.2. The third kappa shape index (κ3) is 4.31. The summed E-state index contributed by atoms with van der Waals surface area (Å²) < 4.78 is 7.36. The molecular weight excluding hydrogens is 448 g/mol. The highest BCUT2D eigenvalue weighted by atomic mass is 32.2. The normalized spacial score (nSPS) is 13.9. The van der Waals surface area contributed by atoms with Gasteiger partial charge in [-0.05, 0) is 31.2 Å². The van der Waals surface area contributed by atoms with Gasteiger partial charge in [0.25, 0.3) is 0 Å². The van der Waals surface area contributed by atoms with Gasteiger partial charge < -0.3 is 14.5 Å². The predicted molar refractivity (Wildman–Crippen MR) is 134 cm³/mol. The number of aryl methyl sites for hydroxylation is 1. The van der Waals surface area contributed by atoms with Crippen LogP contribution in [-0.2, 0) is 4.79 Å². The van der Waals surface area contributed by atoms with Gasteiger partial charge in [-0.1, -0.05) is 42.1 Å². The number of carbonyl (C=O) groups excluding carboxylic acids is 1. The molecule has 0 N–H and O–H groups in total. The Hall–Kier alpha value is -3.59. The molecule has 1 aliphatic rings.